The molecule has 2 rings (SSSR count). The third-order valence-corrected chi connectivity index (χ3v) is 4.54. The Morgan fingerprint density at radius 3 is 2.56 bits per heavy atom. The first-order valence-electron chi connectivity index (χ1n) is 7.96. The SMILES string of the molecule is CC(=O)c1cccc(NC(=O)[C@H](C)[NH+](C)Cc2c(F)cccc2Cl)c1. The van der Waals surface area contributed by atoms with E-state index < -0.39 is 6.04 Å². The van der Waals surface area contributed by atoms with Crippen molar-refractivity contribution in [3.05, 3.63) is 64.4 Å². The highest BCUT2D eigenvalue weighted by Gasteiger charge is 2.24. The van der Waals surface area contributed by atoms with Crippen LogP contribution < -0.4 is 10.2 Å². The number of hydrogen-bond donors (Lipinski definition) is 2. The predicted octanol–water partition coefficient (Wildman–Crippen LogP) is 2.72. The number of Topliss-reactive ketones (excluding diaryl/α,β-unsaturated/α-hetero) is 1. The molecule has 2 atom stereocenters. The van der Waals surface area contributed by atoms with E-state index >= 15 is 0 Å². The van der Waals surface area contributed by atoms with Crippen molar-refractivity contribution in [1.82, 2.24) is 0 Å². The Morgan fingerprint density at radius 2 is 1.92 bits per heavy atom. The molecule has 25 heavy (non-hydrogen) atoms. The van der Waals surface area contributed by atoms with Gasteiger partial charge in [-0.15, -0.1) is 0 Å². The molecule has 0 aliphatic rings. The van der Waals surface area contributed by atoms with Gasteiger partial charge in [0.15, 0.2) is 11.8 Å². The summed E-state index contributed by atoms with van der Waals surface area (Å²) in [4.78, 5) is 24.7. The molecule has 0 radical (unpaired) electrons. The lowest BCUT2D eigenvalue weighted by molar-refractivity contribution is -0.908. The van der Waals surface area contributed by atoms with Crippen LogP contribution in [0.1, 0.15) is 29.8 Å². The van der Waals surface area contributed by atoms with Crippen molar-refractivity contribution >= 4 is 29.0 Å². The van der Waals surface area contributed by atoms with Gasteiger partial charge >= 0.3 is 0 Å². The molecule has 2 N–H and O–H groups in total. The van der Waals surface area contributed by atoms with Crippen LogP contribution in [0.2, 0.25) is 5.02 Å². The Hall–Kier alpha value is -2.24. The van der Waals surface area contributed by atoms with E-state index in [1.807, 2.05) is 0 Å². The van der Waals surface area contributed by atoms with Crippen LogP contribution in [-0.4, -0.2) is 24.8 Å². The number of carbonyl (C=O) groups excluding carboxylic acids is 2. The topological polar surface area (TPSA) is 50.6 Å². The van der Waals surface area contributed by atoms with Crippen LogP contribution in [0, 0.1) is 5.82 Å². The first kappa shape index (κ1) is 19.1. The van der Waals surface area contributed by atoms with Gasteiger partial charge in [-0.2, -0.15) is 0 Å². The van der Waals surface area contributed by atoms with Crippen molar-refractivity contribution in [3.63, 3.8) is 0 Å². The minimum atomic E-state index is -0.434. The van der Waals surface area contributed by atoms with E-state index in [0.717, 1.165) is 4.90 Å². The summed E-state index contributed by atoms with van der Waals surface area (Å²) in [5, 5.41) is 3.14. The molecule has 0 aliphatic carbocycles. The van der Waals surface area contributed by atoms with E-state index in [0.29, 0.717) is 21.8 Å². The number of rotatable bonds is 6. The number of benzene rings is 2. The summed E-state index contributed by atoms with van der Waals surface area (Å²) < 4.78 is 13.9. The average Bonchev–Trinajstić information content (AvgIpc) is 2.57. The molecule has 0 aliphatic heterocycles. The van der Waals surface area contributed by atoms with Gasteiger partial charge in [-0.3, -0.25) is 9.59 Å². The fourth-order valence-electron chi connectivity index (χ4n) is 2.42. The van der Waals surface area contributed by atoms with Gasteiger partial charge in [0.25, 0.3) is 5.91 Å². The van der Waals surface area contributed by atoms with Gasteiger partial charge < -0.3 is 10.2 Å². The molecule has 1 unspecified atom stereocenters. The minimum absolute atomic E-state index is 0.0684. The van der Waals surface area contributed by atoms with Crippen molar-refractivity contribution in [2.75, 3.05) is 12.4 Å². The van der Waals surface area contributed by atoms with Crippen molar-refractivity contribution in [1.29, 1.82) is 0 Å². The number of hydrogen-bond acceptors (Lipinski definition) is 2. The number of anilines is 1. The number of amides is 1. The summed E-state index contributed by atoms with van der Waals surface area (Å²) in [6.45, 7) is 3.52. The van der Waals surface area contributed by atoms with E-state index in [1.165, 1.54) is 13.0 Å². The van der Waals surface area contributed by atoms with Gasteiger partial charge in [-0.05, 0) is 38.1 Å². The summed E-state index contributed by atoms with van der Waals surface area (Å²) in [7, 11) is 1.80. The number of carbonyl (C=O) groups is 2. The van der Waals surface area contributed by atoms with Gasteiger partial charge in [0.2, 0.25) is 0 Å². The fourth-order valence-corrected chi connectivity index (χ4v) is 2.65. The molecule has 0 saturated carbocycles. The molecular weight excluding hydrogens is 343 g/mol. The van der Waals surface area contributed by atoms with E-state index in [2.05, 4.69) is 5.32 Å². The van der Waals surface area contributed by atoms with Crippen molar-refractivity contribution < 1.29 is 18.9 Å². The van der Waals surface area contributed by atoms with Crippen LogP contribution in [0.15, 0.2) is 42.5 Å². The maximum Gasteiger partial charge on any atom is 0.282 e. The normalized spacial score (nSPS) is 13.2. The standard InChI is InChI=1S/C19H20ClFN2O2/c1-12(23(3)11-16-17(20)8-5-9-18(16)21)19(25)22-15-7-4-6-14(10-15)13(2)24/h4-10,12H,11H2,1-3H3,(H,22,25)/p+1/t12-/m0/s1. The molecule has 0 bridgehead atoms. The summed E-state index contributed by atoms with van der Waals surface area (Å²) in [5.41, 5.74) is 1.48. The molecule has 0 aromatic heterocycles. The number of halogens is 2. The van der Waals surface area contributed by atoms with Crippen LogP contribution in [0.4, 0.5) is 10.1 Å². The van der Waals surface area contributed by atoms with Crippen LogP contribution in [0.5, 0.6) is 0 Å². The highest BCUT2D eigenvalue weighted by Crippen LogP contribution is 2.17. The molecular formula is C19H21ClFN2O2+. The number of likely N-dealkylation sites (N-methyl/N-ethyl adjacent to an activating group) is 1. The molecule has 4 nitrogen and oxygen atoms in total. The predicted molar refractivity (Wildman–Crippen MR) is 96.5 cm³/mol. The van der Waals surface area contributed by atoms with Crippen LogP contribution in [0.25, 0.3) is 0 Å². The van der Waals surface area contributed by atoms with Gasteiger partial charge in [0.1, 0.15) is 12.4 Å². The molecule has 2 aromatic rings. The Bertz CT molecular complexity index is 774. The quantitative estimate of drug-likeness (QED) is 0.775. The molecule has 6 heteroatoms. The summed E-state index contributed by atoms with van der Waals surface area (Å²) >= 11 is 6.05. The smallest absolute Gasteiger partial charge is 0.282 e. The van der Waals surface area contributed by atoms with Gasteiger partial charge in [-0.25, -0.2) is 4.39 Å². The first-order valence-corrected chi connectivity index (χ1v) is 8.34. The number of quaternary nitrogens is 1. The van der Waals surface area contributed by atoms with Crippen LogP contribution in [-0.2, 0) is 11.3 Å². The van der Waals surface area contributed by atoms with Crippen molar-refractivity contribution in [2.24, 2.45) is 0 Å². The van der Waals surface area contributed by atoms with Crippen LogP contribution >= 0.6 is 11.6 Å². The van der Waals surface area contributed by atoms with Gasteiger partial charge in [0.05, 0.1) is 17.6 Å². The fraction of sp³-hybridized carbons (Fsp3) is 0.263. The minimum Gasteiger partial charge on any atom is -0.323 e. The zero-order valence-electron chi connectivity index (χ0n) is 14.4. The maximum absolute atomic E-state index is 13.9. The summed E-state index contributed by atoms with van der Waals surface area (Å²) in [6, 6.07) is 10.9. The lowest BCUT2D eigenvalue weighted by atomic mass is 10.1. The van der Waals surface area contributed by atoms with E-state index in [9.17, 15) is 14.0 Å². The second-order valence-electron chi connectivity index (χ2n) is 6.07. The zero-order valence-corrected chi connectivity index (χ0v) is 15.2. The average molecular weight is 364 g/mol. The van der Waals surface area contributed by atoms with Crippen molar-refractivity contribution in [2.45, 2.75) is 26.4 Å². The Balaban J connectivity index is 2.06. The Labute approximate surface area is 151 Å². The number of nitrogens with one attached hydrogen (secondary N) is 2. The van der Waals surface area contributed by atoms with E-state index in [1.54, 1.807) is 50.4 Å². The molecule has 2 aromatic carbocycles. The largest absolute Gasteiger partial charge is 0.323 e. The second-order valence-corrected chi connectivity index (χ2v) is 6.48. The monoisotopic (exact) mass is 363 g/mol. The lowest BCUT2D eigenvalue weighted by Gasteiger charge is -2.22. The highest BCUT2D eigenvalue weighted by atomic mass is 35.5. The molecule has 0 fully saturated rings. The van der Waals surface area contributed by atoms with Crippen molar-refractivity contribution in [3.8, 4) is 0 Å². The molecule has 132 valence electrons. The van der Waals surface area contributed by atoms with E-state index in [-0.39, 0.29) is 24.1 Å². The third-order valence-electron chi connectivity index (χ3n) is 4.19. The number of ketones is 1. The van der Waals surface area contributed by atoms with Gasteiger partial charge in [-0.1, -0.05) is 29.8 Å². The molecule has 0 heterocycles. The zero-order chi connectivity index (χ0) is 18.6. The third kappa shape index (κ3) is 4.87. The maximum atomic E-state index is 13.9. The van der Waals surface area contributed by atoms with Crippen LogP contribution in [0.3, 0.4) is 0 Å². The van der Waals surface area contributed by atoms with E-state index in [4.69, 9.17) is 11.6 Å². The Kier molecular flexibility index (Phi) is 6.28. The molecule has 0 spiro atoms. The first-order chi connectivity index (χ1) is 11.8. The molecule has 0 saturated heterocycles. The summed E-state index contributed by atoms with van der Waals surface area (Å²) in [5.74, 6) is -0.666. The summed E-state index contributed by atoms with van der Waals surface area (Å²) in [6.07, 6.45) is 0. The Morgan fingerprint density at radius 1 is 1.24 bits per heavy atom. The highest BCUT2D eigenvalue weighted by molar-refractivity contribution is 6.31. The lowest BCUT2D eigenvalue weighted by Crippen LogP contribution is -3.12. The van der Waals surface area contributed by atoms with Gasteiger partial charge in [0, 0.05) is 11.3 Å². The second kappa shape index (κ2) is 8.23. The molecule has 1 amide bonds.